The fourth-order valence-corrected chi connectivity index (χ4v) is 2.51. The fraction of sp³-hybridized carbons (Fsp3) is 0.263. The van der Waals surface area contributed by atoms with Crippen LogP contribution in [-0.2, 0) is 4.79 Å². The van der Waals surface area contributed by atoms with Gasteiger partial charge in [0.25, 0.3) is 5.91 Å². The Morgan fingerprint density at radius 1 is 1.04 bits per heavy atom. The zero-order chi connectivity index (χ0) is 16.9. The SMILES string of the molecule is Cl.NCC(C(=O)Nc1ccc(C(=O)NC2CC2)cc1)c1ccccc1. The van der Waals surface area contributed by atoms with Crippen LogP contribution in [0.1, 0.15) is 34.7 Å². The molecule has 5 nitrogen and oxygen atoms in total. The molecule has 3 rings (SSSR count). The number of nitrogens with one attached hydrogen (secondary N) is 2. The second-order valence-corrected chi connectivity index (χ2v) is 6.01. The van der Waals surface area contributed by atoms with Crippen molar-refractivity contribution in [2.75, 3.05) is 11.9 Å². The molecule has 0 bridgehead atoms. The van der Waals surface area contributed by atoms with Gasteiger partial charge in [0.05, 0.1) is 5.92 Å². The van der Waals surface area contributed by atoms with Gasteiger partial charge in [-0.05, 0) is 42.7 Å². The predicted molar refractivity (Wildman–Crippen MR) is 101 cm³/mol. The highest BCUT2D eigenvalue weighted by atomic mass is 35.5. The summed E-state index contributed by atoms with van der Waals surface area (Å²) in [5, 5.41) is 5.80. The van der Waals surface area contributed by atoms with Gasteiger partial charge in [-0.25, -0.2) is 0 Å². The van der Waals surface area contributed by atoms with E-state index in [-0.39, 0.29) is 30.8 Å². The molecular weight excluding hydrogens is 338 g/mol. The summed E-state index contributed by atoms with van der Waals surface area (Å²) in [6.07, 6.45) is 2.11. The van der Waals surface area contributed by atoms with E-state index < -0.39 is 5.92 Å². The first kappa shape index (κ1) is 19.0. The van der Waals surface area contributed by atoms with Crippen molar-refractivity contribution in [2.24, 2.45) is 5.73 Å². The quantitative estimate of drug-likeness (QED) is 0.741. The Bertz CT molecular complexity index is 715. The van der Waals surface area contributed by atoms with Crippen LogP contribution >= 0.6 is 12.4 Å². The number of hydrogen-bond donors (Lipinski definition) is 3. The van der Waals surface area contributed by atoms with Crippen LogP contribution in [0.15, 0.2) is 54.6 Å². The van der Waals surface area contributed by atoms with Crippen LogP contribution in [-0.4, -0.2) is 24.4 Å². The lowest BCUT2D eigenvalue weighted by Crippen LogP contribution is -2.27. The minimum Gasteiger partial charge on any atom is -0.349 e. The zero-order valence-corrected chi connectivity index (χ0v) is 14.6. The number of benzene rings is 2. The van der Waals surface area contributed by atoms with Crippen molar-refractivity contribution in [3.05, 3.63) is 65.7 Å². The summed E-state index contributed by atoms with van der Waals surface area (Å²) < 4.78 is 0. The summed E-state index contributed by atoms with van der Waals surface area (Å²) in [4.78, 5) is 24.4. The first-order valence-corrected chi connectivity index (χ1v) is 8.14. The molecule has 2 amide bonds. The van der Waals surface area contributed by atoms with E-state index in [1.807, 2.05) is 30.3 Å². The number of carbonyl (C=O) groups excluding carboxylic acids is 2. The molecule has 1 fully saturated rings. The third kappa shape index (κ3) is 5.05. The average molecular weight is 360 g/mol. The third-order valence-electron chi connectivity index (χ3n) is 4.08. The highest BCUT2D eigenvalue weighted by Gasteiger charge is 2.24. The van der Waals surface area contributed by atoms with Gasteiger partial charge in [-0.3, -0.25) is 9.59 Å². The van der Waals surface area contributed by atoms with Crippen molar-refractivity contribution in [3.8, 4) is 0 Å². The van der Waals surface area contributed by atoms with Crippen LogP contribution < -0.4 is 16.4 Å². The van der Waals surface area contributed by atoms with E-state index in [0.29, 0.717) is 17.3 Å². The van der Waals surface area contributed by atoms with Gasteiger partial charge in [0, 0.05) is 23.8 Å². The van der Waals surface area contributed by atoms with E-state index in [4.69, 9.17) is 5.73 Å². The summed E-state index contributed by atoms with van der Waals surface area (Å²) in [6, 6.07) is 16.7. The number of halogens is 1. The second kappa shape index (κ2) is 8.65. The normalized spacial score (nSPS) is 14.1. The monoisotopic (exact) mass is 359 g/mol. The summed E-state index contributed by atoms with van der Waals surface area (Å²) in [6.45, 7) is 0.234. The number of hydrogen-bond acceptors (Lipinski definition) is 3. The van der Waals surface area contributed by atoms with Gasteiger partial charge in [-0.15, -0.1) is 12.4 Å². The highest BCUT2D eigenvalue weighted by molar-refractivity contribution is 5.98. The van der Waals surface area contributed by atoms with Crippen molar-refractivity contribution in [3.63, 3.8) is 0 Å². The second-order valence-electron chi connectivity index (χ2n) is 6.01. The average Bonchev–Trinajstić information content (AvgIpc) is 3.41. The molecule has 6 heteroatoms. The maximum Gasteiger partial charge on any atom is 0.251 e. The smallest absolute Gasteiger partial charge is 0.251 e. The molecule has 2 aromatic rings. The minimum absolute atomic E-state index is 0. The molecule has 2 aromatic carbocycles. The van der Waals surface area contributed by atoms with Crippen molar-refractivity contribution in [1.29, 1.82) is 0 Å². The van der Waals surface area contributed by atoms with Gasteiger partial charge in [0.15, 0.2) is 0 Å². The maximum absolute atomic E-state index is 12.4. The number of anilines is 1. The van der Waals surface area contributed by atoms with E-state index in [1.54, 1.807) is 24.3 Å². The van der Waals surface area contributed by atoms with Gasteiger partial charge < -0.3 is 16.4 Å². The molecule has 0 aliphatic heterocycles. The summed E-state index contributed by atoms with van der Waals surface area (Å²) >= 11 is 0. The number of rotatable bonds is 6. The molecule has 0 radical (unpaired) electrons. The summed E-state index contributed by atoms with van der Waals surface area (Å²) in [7, 11) is 0. The van der Waals surface area contributed by atoms with Crippen LogP contribution in [0.3, 0.4) is 0 Å². The fourth-order valence-electron chi connectivity index (χ4n) is 2.51. The maximum atomic E-state index is 12.4. The van der Waals surface area contributed by atoms with Crippen LogP contribution in [0.5, 0.6) is 0 Å². The van der Waals surface area contributed by atoms with Crippen LogP contribution in [0, 0.1) is 0 Å². The Balaban J connectivity index is 0.00000225. The zero-order valence-electron chi connectivity index (χ0n) is 13.8. The number of amides is 2. The first-order chi connectivity index (χ1) is 11.7. The molecule has 1 aliphatic carbocycles. The largest absolute Gasteiger partial charge is 0.349 e. The van der Waals surface area contributed by atoms with Crippen molar-refractivity contribution < 1.29 is 9.59 Å². The lowest BCUT2D eigenvalue weighted by atomic mass is 9.98. The van der Waals surface area contributed by atoms with Crippen molar-refractivity contribution in [2.45, 2.75) is 24.8 Å². The molecule has 1 saturated carbocycles. The van der Waals surface area contributed by atoms with Gasteiger partial charge >= 0.3 is 0 Å². The van der Waals surface area contributed by atoms with Crippen LogP contribution in [0.2, 0.25) is 0 Å². The Hall–Kier alpha value is -2.37. The lowest BCUT2D eigenvalue weighted by Gasteiger charge is -2.15. The molecule has 25 heavy (non-hydrogen) atoms. The summed E-state index contributed by atoms with van der Waals surface area (Å²) in [5.74, 6) is -0.623. The third-order valence-corrected chi connectivity index (χ3v) is 4.08. The lowest BCUT2D eigenvalue weighted by molar-refractivity contribution is -0.117. The molecule has 1 atom stereocenters. The van der Waals surface area contributed by atoms with Crippen LogP contribution in [0.25, 0.3) is 0 Å². The molecule has 4 N–H and O–H groups in total. The van der Waals surface area contributed by atoms with E-state index >= 15 is 0 Å². The van der Waals surface area contributed by atoms with E-state index in [0.717, 1.165) is 18.4 Å². The topological polar surface area (TPSA) is 84.2 Å². The molecule has 132 valence electrons. The van der Waals surface area contributed by atoms with E-state index in [2.05, 4.69) is 10.6 Å². The standard InChI is InChI=1S/C19H21N3O2.ClH/c20-12-17(13-4-2-1-3-5-13)19(24)22-15-8-6-14(7-9-15)18(23)21-16-10-11-16;/h1-9,16-17H,10-12,20H2,(H,21,23)(H,22,24);1H. The predicted octanol–water partition coefficient (Wildman–Crippen LogP) is 2.68. The van der Waals surface area contributed by atoms with Gasteiger partial charge in [-0.1, -0.05) is 30.3 Å². The minimum atomic E-state index is -0.399. The van der Waals surface area contributed by atoms with Gasteiger partial charge in [0.2, 0.25) is 5.91 Å². The Labute approximate surface area is 153 Å². The first-order valence-electron chi connectivity index (χ1n) is 8.14. The molecule has 0 aromatic heterocycles. The molecule has 0 saturated heterocycles. The highest BCUT2D eigenvalue weighted by Crippen LogP contribution is 2.20. The van der Waals surface area contributed by atoms with Gasteiger partial charge in [-0.2, -0.15) is 0 Å². The van der Waals surface area contributed by atoms with Crippen molar-refractivity contribution in [1.82, 2.24) is 5.32 Å². The molecule has 1 aliphatic rings. The molecule has 0 heterocycles. The van der Waals surface area contributed by atoms with Gasteiger partial charge in [0.1, 0.15) is 0 Å². The van der Waals surface area contributed by atoms with Crippen molar-refractivity contribution >= 4 is 29.9 Å². The Morgan fingerprint density at radius 3 is 2.24 bits per heavy atom. The number of nitrogens with two attached hydrogens (primary N) is 1. The summed E-state index contributed by atoms with van der Waals surface area (Å²) in [5.41, 5.74) is 7.89. The number of carbonyl (C=O) groups is 2. The van der Waals surface area contributed by atoms with E-state index in [1.165, 1.54) is 0 Å². The molecular formula is C19H22ClN3O2. The van der Waals surface area contributed by atoms with Crippen LogP contribution in [0.4, 0.5) is 5.69 Å². The molecule has 1 unspecified atom stereocenters. The Morgan fingerprint density at radius 2 is 1.68 bits per heavy atom. The Kier molecular flexibility index (Phi) is 6.56. The molecule has 0 spiro atoms. The van der Waals surface area contributed by atoms with E-state index in [9.17, 15) is 9.59 Å².